The van der Waals surface area contributed by atoms with E-state index in [1.54, 1.807) is 10.9 Å². The number of benzene rings is 1. The Balaban J connectivity index is 2.40. The summed E-state index contributed by atoms with van der Waals surface area (Å²) in [4.78, 5) is 0. The van der Waals surface area contributed by atoms with Crippen LogP contribution in [0.25, 0.3) is 0 Å². The average molecular weight is 279 g/mol. The Morgan fingerprint density at radius 1 is 1.37 bits per heavy atom. The van der Waals surface area contributed by atoms with E-state index < -0.39 is 0 Å². The summed E-state index contributed by atoms with van der Waals surface area (Å²) < 4.78 is 1.78. The van der Waals surface area contributed by atoms with E-state index in [1.807, 2.05) is 25.2 Å². The number of hydrogen-bond donors (Lipinski definition) is 2. The Bertz CT molecular complexity index is 504. The highest BCUT2D eigenvalue weighted by Gasteiger charge is 2.27. The number of aryl methyl sites for hydroxylation is 1. The van der Waals surface area contributed by atoms with E-state index in [9.17, 15) is 0 Å². The fourth-order valence-electron chi connectivity index (χ4n) is 2.52. The maximum Gasteiger partial charge on any atom is 0.0834 e. The van der Waals surface area contributed by atoms with Crippen molar-refractivity contribution in [1.29, 1.82) is 0 Å². The summed E-state index contributed by atoms with van der Waals surface area (Å²) in [5.74, 6) is 6.01. The predicted octanol–water partition coefficient (Wildman–Crippen LogP) is 2.77. The van der Waals surface area contributed by atoms with Crippen LogP contribution in [0.15, 0.2) is 36.5 Å². The van der Waals surface area contributed by atoms with Crippen LogP contribution in [0.5, 0.6) is 0 Å². The van der Waals surface area contributed by atoms with Crippen LogP contribution < -0.4 is 11.3 Å². The molecule has 0 radical (unpaired) electrons. The van der Waals surface area contributed by atoms with Gasteiger partial charge in [0, 0.05) is 13.0 Å². The molecule has 2 unspecified atom stereocenters. The minimum Gasteiger partial charge on any atom is -0.271 e. The first-order valence-corrected chi connectivity index (χ1v) is 6.75. The van der Waals surface area contributed by atoms with Gasteiger partial charge in [-0.05, 0) is 12.0 Å². The zero-order valence-corrected chi connectivity index (χ0v) is 11.9. The summed E-state index contributed by atoms with van der Waals surface area (Å²) in [6.07, 6.45) is 2.61. The molecule has 1 aromatic carbocycles. The lowest BCUT2D eigenvalue weighted by Gasteiger charge is -2.26. The van der Waals surface area contributed by atoms with Gasteiger partial charge in [-0.3, -0.25) is 16.0 Å². The highest BCUT2D eigenvalue weighted by Crippen LogP contribution is 2.35. The minimum absolute atomic E-state index is 0.0626. The number of hydrazine groups is 1. The van der Waals surface area contributed by atoms with Gasteiger partial charge in [0.05, 0.1) is 23.0 Å². The molecule has 19 heavy (non-hydrogen) atoms. The predicted molar refractivity (Wildman–Crippen MR) is 77.8 cm³/mol. The van der Waals surface area contributed by atoms with Crippen molar-refractivity contribution in [2.45, 2.75) is 25.3 Å². The molecule has 0 spiro atoms. The average Bonchev–Trinajstić information content (AvgIpc) is 2.77. The summed E-state index contributed by atoms with van der Waals surface area (Å²) in [6.45, 7) is 2.15. The molecule has 2 atom stereocenters. The monoisotopic (exact) mass is 278 g/mol. The summed E-state index contributed by atoms with van der Waals surface area (Å²) in [5, 5.41) is 4.82. The van der Waals surface area contributed by atoms with Crippen molar-refractivity contribution < 1.29 is 0 Å². The van der Waals surface area contributed by atoms with Crippen molar-refractivity contribution in [3.05, 3.63) is 52.8 Å². The molecule has 5 heteroatoms. The van der Waals surface area contributed by atoms with E-state index >= 15 is 0 Å². The molecule has 2 rings (SSSR count). The number of nitrogens with two attached hydrogens (primary N) is 1. The van der Waals surface area contributed by atoms with Crippen molar-refractivity contribution in [2.24, 2.45) is 12.9 Å². The van der Waals surface area contributed by atoms with E-state index in [4.69, 9.17) is 17.4 Å². The number of nitrogens with one attached hydrogen (secondary N) is 1. The van der Waals surface area contributed by atoms with E-state index in [2.05, 4.69) is 29.6 Å². The van der Waals surface area contributed by atoms with Crippen molar-refractivity contribution in [3.8, 4) is 0 Å². The molecule has 0 bridgehead atoms. The van der Waals surface area contributed by atoms with Gasteiger partial charge in [-0.2, -0.15) is 5.10 Å². The van der Waals surface area contributed by atoms with Crippen molar-refractivity contribution in [3.63, 3.8) is 0 Å². The second-order valence-electron chi connectivity index (χ2n) is 4.57. The molecule has 0 fully saturated rings. The first-order valence-electron chi connectivity index (χ1n) is 6.37. The highest BCUT2D eigenvalue weighted by atomic mass is 35.5. The van der Waals surface area contributed by atoms with Crippen LogP contribution in [0.3, 0.4) is 0 Å². The van der Waals surface area contributed by atoms with Gasteiger partial charge in [0.25, 0.3) is 0 Å². The largest absolute Gasteiger partial charge is 0.271 e. The summed E-state index contributed by atoms with van der Waals surface area (Å²) in [7, 11) is 1.88. The van der Waals surface area contributed by atoms with E-state index in [1.165, 1.54) is 5.56 Å². The van der Waals surface area contributed by atoms with Gasteiger partial charge in [-0.25, -0.2) is 0 Å². The molecule has 0 saturated carbocycles. The van der Waals surface area contributed by atoms with Crippen LogP contribution in [-0.4, -0.2) is 9.78 Å². The molecule has 0 aliphatic heterocycles. The van der Waals surface area contributed by atoms with Crippen LogP contribution in [0.2, 0.25) is 5.02 Å². The zero-order chi connectivity index (χ0) is 13.8. The van der Waals surface area contributed by atoms with Crippen LogP contribution in [0.1, 0.15) is 36.6 Å². The lowest BCUT2D eigenvalue weighted by atomic mass is 9.87. The Labute approximate surface area is 118 Å². The molecule has 0 aliphatic rings. The van der Waals surface area contributed by atoms with Crippen LogP contribution in [-0.2, 0) is 7.05 Å². The summed E-state index contributed by atoms with van der Waals surface area (Å²) in [5.41, 5.74) is 5.05. The van der Waals surface area contributed by atoms with Crippen molar-refractivity contribution in [2.75, 3.05) is 0 Å². The molecule has 3 N–H and O–H groups in total. The van der Waals surface area contributed by atoms with E-state index in [0.29, 0.717) is 5.02 Å². The molecule has 0 aliphatic carbocycles. The van der Waals surface area contributed by atoms with Gasteiger partial charge in [0.2, 0.25) is 0 Å². The van der Waals surface area contributed by atoms with Crippen molar-refractivity contribution >= 4 is 11.6 Å². The third-order valence-electron chi connectivity index (χ3n) is 3.48. The molecule has 0 saturated heterocycles. The maximum absolute atomic E-state index is 6.23. The molecule has 0 amide bonds. The third-order valence-corrected chi connectivity index (χ3v) is 3.77. The molecule has 1 heterocycles. The molecular formula is C14H19ClN4. The normalized spacial score (nSPS) is 14.3. The van der Waals surface area contributed by atoms with Crippen LogP contribution in [0.4, 0.5) is 0 Å². The van der Waals surface area contributed by atoms with Gasteiger partial charge in [-0.15, -0.1) is 0 Å². The third kappa shape index (κ3) is 2.81. The second kappa shape index (κ2) is 6.19. The lowest BCUT2D eigenvalue weighted by Crippen LogP contribution is -2.34. The summed E-state index contributed by atoms with van der Waals surface area (Å²) >= 11 is 6.23. The standard InChI is InChI=1S/C14H19ClN4/c1-3-11(10-7-5-4-6-8-10)13(18-16)14-12(15)9-17-19(14)2/h4-9,11,13,18H,3,16H2,1-2H3. The Morgan fingerprint density at radius 3 is 2.53 bits per heavy atom. The number of rotatable bonds is 5. The van der Waals surface area contributed by atoms with Gasteiger partial charge in [0.1, 0.15) is 0 Å². The topological polar surface area (TPSA) is 55.9 Å². The number of nitrogens with zero attached hydrogens (tertiary/aromatic N) is 2. The zero-order valence-electron chi connectivity index (χ0n) is 11.2. The van der Waals surface area contributed by atoms with Gasteiger partial charge >= 0.3 is 0 Å². The molecule has 102 valence electrons. The Hall–Kier alpha value is -1.36. The molecular weight excluding hydrogens is 260 g/mol. The highest BCUT2D eigenvalue weighted by molar-refractivity contribution is 6.31. The van der Waals surface area contributed by atoms with Crippen molar-refractivity contribution in [1.82, 2.24) is 15.2 Å². The molecule has 4 nitrogen and oxygen atoms in total. The minimum atomic E-state index is -0.0626. The van der Waals surface area contributed by atoms with E-state index in [0.717, 1.165) is 12.1 Å². The van der Waals surface area contributed by atoms with Crippen LogP contribution >= 0.6 is 11.6 Å². The Morgan fingerprint density at radius 2 is 2.05 bits per heavy atom. The van der Waals surface area contributed by atoms with Crippen LogP contribution in [0, 0.1) is 0 Å². The second-order valence-corrected chi connectivity index (χ2v) is 4.98. The quantitative estimate of drug-likeness (QED) is 0.653. The number of halogens is 1. The maximum atomic E-state index is 6.23. The number of hydrogen-bond acceptors (Lipinski definition) is 3. The molecule has 2 aromatic rings. The fourth-order valence-corrected chi connectivity index (χ4v) is 2.80. The number of aromatic nitrogens is 2. The Kier molecular flexibility index (Phi) is 4.58. The SMILES string of the molecule is CCC(c1ccccc1)C(NN)c1c(Cl)cnn1C. The first-order chi connectivity index (χ1) is 9.19. The van der Waals surface area contributed by atoms with Gasteiger partial charge in [-0.1, -0.05) is 48.9 Å². The van der Waals surface area contributed by atoms with Gasteiger partial charge < -0.3 is 0 Å². The first kappa shape index (κ1) is 14.1. The smallest absolute Gasteiger partial charge is 0.0834 e. The summed E-state index contributed by atoms with van der Waals surface area (Å²) in [6, 6.07) is 10.3. The van der Waals surface area contributed by atoms with E-state index in [-0.39, 0.29) is 12.0 Å². The fraction of sp³-hybridized carbons (Fsp3) is 0.357. The molecule has 1 aromatic heterocycles. The lowest BCUT2D eigenvalue weighted by molar-refractivity contribution is 0.420. The van der Waals surface area contributed by atoms with Gasteiger partial charge in [0.15, 0.2) is 0 Å².